The van der Waals surface area contributed by atoms with Crippen LogP contribution < -0.4 is 5.32 Å². The highest BCUT2D eigenvalue weighted by molar-refractivity contribution is 6.31. The van der Waals surface area contributed by atoms with Crippen LogP contribution in [0.25, 0.3) is 10.9 Å². The summed E-state index contributed by atoms with van der Waals surface area (Å²) in [5.74, 6) is 0. The molecule has 0 spiro atoms. The van der Waals surface area contributed by atoms with Crippen LogP contribution in [0.3, 0.4) is 0 Å². The van der Waals surface area contributed by atoms with Crippen LogP contribution in [0.1, 0.15) is 5.56 Å². The Balaban J connectivity index is 1.84. The zero-order valence-electron chi connectivity index (χ0n) is 9.83. The van der Waals surface area contributed by atoms with Gasteiger partial charge >= 0.3 is 0 Å². The van der Waals surface area contributed by atoms with Crippen LogP contribution in [0.2, 0.25) is 5.02 Å². The molecule has 0 unspecified atom stereocenters. The Hall–Kier alpha value is -1.03. The maximum atomic E-state index is 5.98. The van der Waals surface area contributed by atoms with Gasteiger partial charge in [-0.15, -0.1) is 0 Å². The van der Waals surface area contributed by atoms with Crippen LogP contribution >= 0.6 is 11.6 Å². The Morgan fingerprint density at radius 1 is 1.41 bits per heavy atom. The molecule has 2 aromatic rings. The first-order valence-corrected chi connectivity index (χ1v) is 6.28. The van der Waals surface area contributed by atoms with Gasteiger partial charge in [0.15, 0.2) is 0 Å². The molecule has 3 nitrogen and oxygen atoms in total. The number of aromatic nitrogens is 1. The summed E-state index contributed by atoms with van der Waals surface area (Å²) < 4.78 is 0. The molecule has 0 radical (unpaired) electrons. The van der Waals surface area contributed by atoms with E-state index in [9.17, 15) is 0 Å². The molecule has 0 aliphatic carbocycles. The molecule has 1 aliphatic heterocycles. The third kappa shape index (κ3) is 2.06. The summed E-state index contributed by atoms with van der Waals surface area (Å²) in [4.78, 5) is 5.68. The molecule has 2 heterocycles. The standard InChI is InChI=1S/C13H16ClN3/c1-17(11-6-15-7-11)8-9-5-16-13-4-10(14)2-3-12(9)13/h2-5,11,15-16H,6-8H2,1H3. The minimum absolute atomic E-state index is 0.673. The van der Waals surface area contributed by atoms with E-state index in [1.165, 1.54) is 10.9 Å². The van der Waals surface area contributed by atoms with E-state index in [4.69, 9.17) is 11.6 Å². The molecule has 4 heteroatoms. The number of aromatic amines is 1. The van der Waals surface area contributed by atoms with Gasteiger partial charge in [0.2, 0.25) is 0 Å². The second-order valence-electron chi connectivity index (χ2n) is 4.73. The quantitative estimate of drug-likeness (QED) is 0.874. The van der Waals surface area contributed by atoms with Crippen LogP contribution in [0.4, 0.5) is 0 Å². The van der Waals surface area contributed by atoms with Crippen molar-refractivity contribution in [3.8, 4) is 0 Å². The smallest absolute Gasteiger partial charge is 0.0472 e. The van der Waals surface area contributed by atoms with Crippen molar-refractivity contribution < 1.29 is 0 Å². The molecular formula is C13H16ClN3. The lowest BCUT2D eigenvalue weighted by Gasteiger charge is -2.35. The van der Waals surface area contributed by atoms with E-state index in [0.29, 0.717) is 6.04 Å². The van der Waals surface area contributed by atoms with E-state index in [-0.39, 0.29) is 0 Å². The van der Waals surface area contributed by atoms with Gasteiger partial charge in [-0.2, -0.15) is 0 Å². The Bertz CT molecular complexity index is 530. The maximum Gasteiger partial charge on any atom is 0.0472 e. The van der Waals surface area contributed by atoms with Crippen molar-refractivity contribution in [2.75, 3.05) is 20.1 Å². The number of nitrogens with one attached hydrogen (secondary N) is 2. The molecule has 1 saturated heterocycles. The molecule has 2 N–H and O–H groups in total. The van der Waals surface area contributed by atoms with Gasteiger partial charge < -0.3 is 10.3 Å². The van der Waals surface area contributed by atoms with E-state index in [2.05, 4.69) is 34.5 Å². The van der Waals surface area contributed by atoms with Crippen molar-refractivity contribution in [3.05, 3.63) is 35.0 Å². The molecule has 17 heavy (non-hydrogen) atoms. The van der Waals surface area contributed by atoms with Crippen LogP contribution in [0.5, 0.6) is 0 Å². The molecule has 0 atom stereocenters. The molecule has 0 saturated carbocycles. The maximum absolute atomic E-state index is 5.98. The van der Waals surface area contributed by atoms with Gasteiger partial charge in [-0.3, -0.25) is 4.90 Å². The van der Waals surface area contributed by atoms with Crippen molar-refractivity contribution in [1.29, 1.82) is 0 Å². The Labute approximate surface area is 106 Å². The predicted molar refractivity (Wildman–Crippen MR) is 71.4 cm³/mol. The average Bonchev–Trinajstić information content (AvgIpc) is 2.58. The lowest BCUT2D eigenvalue weighted by atomic mass is 10.1. The topological polar surface area (TPSA) is 31.1 Å². The highest BCUT2D eigenvalue weighted by Gasteiger charge is 2.21. The van der Waals surface area contributed by atoms with Gasteiger partial charge in [-0.25, -0.2) is 0 Å². The summed E-state index contributed by atoms with van der Waals surface area (Å²) in [7, 11) is 2.18. The number of halogens is 1. The normalized spacial score (nSPS) is 16.6. The number of benzene rings is 1. The second-order valence-corrected chi connectivity index (χ2v) is 5.17. The first kappa shape index (κ1) is 11.1. The molecule has 0 amide bonds. The van der Waals surface area contributed by atoms with E-state index in [1.807, 2.05) is 12.1 Å². The third-order valence-corrected chi connectivity index (χ3v) is 3.77. The monoisotopic (exact) mass is 249 g/mol. The minimum atomic E-state index is 0.673. The van der Waals surface area contributed by atoms with E-state index >= 15 is 0 Å². The number of rotatable bonds is 3. The molecule has 0 bridgehead atoms. The fraction of sp³-hybridized carbons (Fsp3) is 0.385. The second kappa shape index (κ2) is 4.33. The zero-order valence-corrected chi connectivity index (χ0v) is 10.6. The lowest BCUT2D eigenvalue weighted by molar-refractivity contribution is 0.173. The average molecular weight is 250 g/mol. The largest absolute Gasteiger partial charge is 0.361 e. The molecule has 90 valence electrons. The van der Waals surface area contributed by atoms with Gasteiger partial charge in [0.1, 0.15) is 0 Å². The van der Waals surface area contributed by atoms with Crippen LogP contribution in [-0.2, 0) is 6.54 Å². The van der Waals surface area contributed by atoms with E-state index in [1.54, 1.807) is 0 Å². The van der Waals surface area contributed by atoms with Gasteiger partial charge in [-0.1, -0.05) is 17.7 Å². The van der Waals surface area contributed by atoms with Crippen molar-refractivity contribution in [2.24, 2.45) is 0 Å². The summed E-state index contributed by atoms with van der Waals surface area (Å²) >= 11 is 5.98. The van der Waals surface area contributed by atoms with Crippen LogP contribution in [0, 0.1) is 0 Å². The van der Waals surface area contributed by atoms with Gasteiger partial charge in [0.25, 0.3) is 0 Å². The summed E-state index contributed by atoms with van der Waals surface area (Å²) in [5.41, 5.74) is 2.46. The van der Waals surface area contributed by atoms with Crippen LogP contribution in [0.15, 0.2) is 24.4 Å². The molecular weight excluding hydrogens is 234 g/mol. The first-order valence-electron chi connectivity index (χ1n) is 5.90. The zero-order chi connectivity index (χ0) is 11.8. The molecule has 1 fully saturated rings. The van der Waals surface area contributed by atoms with Crippen LogP contribution in [-0.4, -0.2) is 36.1 Å². The van der Waals surface area contributed by atoms with Crippen molar-refractivity contribution in [3.63, 3.8) is 0 Å². The van der Waals surface area contributed by atoms with Gasteiger partial charge in [0.05, 0.1) is 0 Å². The third-order valence-electron chi connectivity index (χ3n) is 3.53. The summed E-state index contributed by atoms with van der Waals surface area (Å²) in [6, 6.07) is 6.69. The fourth-order valence-corrected chi connectivity index (χ4v) is 2.44. The molecule has 3 rings (SSSR count). The Morgan fingerprint density at radius 2 is 2.24 bits per heavy atom. The molecule has 1 aliphatic rings. The van der Waals surface area contributed by atoms with Crippen molar-refractivity contribution in [2.45, 2.75) is 12.6 Å². The lowest BCUT2D eigenvalue weighted by Crippen LogP contribution is -2.55. The predicted octanol–water partition coefficient (Wildman–Crippen LogP) is 2.22. The molecule has 1 aromatic carbocycles. The summed E-state index contributed by atoms with van der Waals surface area (Å²) in [5, 5.41) is 5.35. The van der Waals surface area contributed by atoms with Crippen molar-refractivity contribution in [1.82, 2.24) is 15.2 Å². The highest BCUT2D eigenvalue weighted by atomic mass is 35.5. The minimum Gasteiger partial charge on any atom is -0.361 e. The Morgan fingerprint density at radius 3 is 2.94 bits per heavy atom. The van der Waals surface area contributed by atoms with Crippen molar-refractivity contribution >= 4 is 22.5 Å². The van der Waals surface area contributed by atoms with E-state index < -0.39 is 0 Å². The Kier molecular flexibility index (Phi) is 2.82. The molecule has 1 aromatic heterocycles. The number of fused-ring (bicyclic) bond motifs is 1. The fourth-order valence-electron chi connectivity index (χ4n) is 2.27. The number of nitrogens with zero attached hydrogens (tertiary/aromatic N) is 1. The number of likely N-dealkylation sites (N-methyl/N-ethyl adjacent to an activating group) is 1. The SMILES string of the molecule is CN(Cc1c[nH]c2cc(Cl)ccc12)C1CNC1. The van der Waals surface area contributed by atoms with E-state index in [0.717, 1.165) is 30.2 Å². The first-order chi connectivity index (χ1) is 8.24. The summed E-state index contributed by atoms with van der Waals surface area (Å²) in [6.07, 6.45) is 2.09. The van der Waals surface area contributed by atoms with Gasteiger partial charge in [0, 0.05) is 47.8 Å². The number of hydrogen-bond acceptors (Lipinski definition) is 2. The highest BCUT2D eigenvalue weighted by Crippen LogP contribution is 2.23. The number of H-pyrrole nitrogens is 1. The number of hydrogen-bond donors (Lipinski definition) is 2. The van der Waals surface area contributed by atoms with Gasteiger partial charge in [-0.05, 0) is 24.7 Å². The summed E-state index contributed by atoms with van der Waals surface area (Å²) in [6.45, 7) is 3.18.